The van der Waals surface area contributed by atoms with E-state index in [0.717, 1.165) is 0 Å². The van der Waals surface area contributed by atoms with Crippen LogP contribution in [0.5, 0.6) is 5.75 Å². The molecule has 0 aliphatic carbocycles. The normalized spacial score (nSPS) is 14.0. The molecule has 0 spiro atoms. The standard InChI is InChI=1S/C24H35N5O9/c1-12(2)20(29-21(34)15(25)7-10-19(32)33)23(36)28-17(11-13-3-5-14(30)6-4-13)22(35)27-16(24(37)38)8-9-18(26)31/h3-6,12,15-17,20,30H,7-11,25H2,1-2H3,(H2,26,31)(H,27,35)(H,28,36)(H,29,34)(H,32,33)(H,37,38). The molecule has 0 fully saturated rings. The molecule has 0 bridgehead atoms. The van der Waals surface area contributed by atoms with Gasteiger partial charge in [-0.3, -0.25) is 24.0 Å². The Balaban J connectivity index is 3.11. The topological polar surface area (TPSA) is 251 Å². The zero-order chi connectivity index (χ0) is 29.0. The van der Waals surface area contributed by atoms with Crippen molar-refractivity contribution in [3.05, 3.63) is 29.8 Å². The fourth-order valence-corrected chi connectivity index (χ4v) is 3.36. The second-order valence-electron chi connectivity index (χ2n) is 9.11. The van der Waals surface area contributed by atoms with Gasteiger partial charge in [0.2, 0.25) is 23.6 Å². The number of phenols is 1. The van der Waals surface area contributed by atoms with Gasteiger partial charge in [0.25, 0.3) is 0 Å². The molecule has 4 amide bonds. The smallest absolute Gasteiger partial charge is 0.326 e. The average Bonchev–Trinajstić information content (AvgIpc) is 2.83. The molecule has 0 radical (unpaired) electrons. The van der Waals surface area contributed by atoms with E-state index in [1.807, 2.05) is 0 Å². The first kappa shape index (κ1) is 31.8. The molecule has 1 aromatic carbocycles. The van der Waals surface area contributed by atoms with Gasteiger partial charge in [-0.15, -0.1) is 0 Å². The van der Waals surface area contributed by atoms with Crippen molar-refractivity contribution in [2.45, 2.75) is 70.1 Å². The van der Waals surface area contributed by atoms with E-state index in [1.54, 1.807) is 13.8 Å². The van der Waals surface area contributed by atoms with Crippen molar-refractivity contribution in [3.8, 4) is 5.75 Å². The zero-order valence-electron chi connectivity index (χ0n) is 21.2. The maximum atomic E-state index is 13.1. The first-order valence-electron chi connectivity index (χ1n) is 11.9. The highest BCUT2D eigenvalue weighted by Gasteiger charge is 2.32. The molecule has 4 unspecified atom stereocenters. The lowest BCUT2D eigenvalue weighted by Crippen LogP contribution is -2.58. The minimum atomic E-state index is -1.46. The van der Waals surface area contributed by atoms with Crippen LogP contribution in [0.1, 0.15) is 45.1 Å². The van der Waals surface area contributed by atoms with E-state index in [0.29, 0.717) is 5.56 Å². The largest absolute Gasteiger partial charge is 0.508 e. The number of rotatable bonds is 16. The summed E-state index contributed by atoms with van der Waals surface area (Å²) in [5, 5.41) is 35.0. The van der Waals surface area contributed by atoms with E-state index in [4.69, 9.17) is 16.6 Å². The first-order valence-corrected chi connectivity index (χ1v) is 11.9. The third-order valence-electron chi connectivity index (χ3n) is 5.56. The van der Waals surface area contributed by atoms with Crippen LogP contribution in [0.4, 0.5) is 0 Å². The van der Waals surface area contributed by atoms with Gasteiger partial charge in [0.15, 0.2) is 0 Å². The second-order valence-corrected chi connectivity index (χ2v) is 9.11. The molecule has 4 atom stereocenters. The number of carboxylic acids is 2. The van der Waals surface area contributed by atoms with Gasteiger partial charge in [-0.25, -0.2) is 4.79 Å². The maximum absolute atomic E-state index is 13.1. The maximum Gasteiger partial charge on any atom is 0.326 e. The highest BCUT2D eigenvalue weighted by Crippen LogP contribution is 2.13. The molecule has 0 aliphatic rings. The number of nitrogens with one attached hydrogen (secondary N) is 3. The summed E-state index contributed by atoms with van der Waals surface area (Å²) in [6.45, 7) is 3.26. The molecular formula is C24H35N5O9. The predicted molar refractivity (Wildman–Crippen MR) is 133 cm³/mol. The van der Waals surface area contributed by atoms with Gasteiger partial charge in [0, 0.05) is 19.3 Å². The van der Waals surface area contributed by atoms with E-state index in [1.165, 1.54) is 24.3 Å². The fraction of sp³-hybridized carbons (Fsp3) is 0.500. The summed E-state index contributed by atoms with van der Waals surface area (Å²) in [4.78, 5) is 72.1. The quantitative estimate of drug-likeness (QED) is 0.122. The monoisotopic (exact) mass is 537 g/mol. The lowest BCUT2D eigenvalue weighted by Gasteiger charge is -2.27. The number of carboxylic acid groups (broad SMARTS) is 2. The Bertz CT molecular complexity index is 1010. The van der Waals surface area contributed by atoms with Crippen LogP contribution < -0.4 is 27.4 Å². The molecule has 10 N–H and O–H groups in total. The molecule has 1 rings (SSSR count). The summed E-state index contributed by atoms with van der Waals surface area (Å²) < 4.78 is 0. The molecule has 0 heterocycles. The van der Waals surface area contributed by atoms with Gasteiger partial charge in [-0.2, -0.15) is 0 Å². The molecule has 210 valence electrons. The SMILES string of the molecule is CC(C)C(NC(=O)C(N)CCC(=O)O)C(=O)NC(Cc1ccc(O)cc1)C(=O)NC(CCC(N)=O)C(=O)O. The second kappa shape index (κ2) is 15.1. The third kappa shape index (κ3) is 11.2. The number of primary amides is 1. The predicted octanol–water partition coefficient (Wildman–Crippen LogP) is -1.41. The van der Waals surface area contributed by atoms with Crippen molar-refractivity contribution >= 4 is 35.6 Å². The zero-order valence-corrected chi connectivity index (χ0v) is 21.2. The molecule has 1 aromatic rings. The van der Waals surface area contributed by atoms with Crippen molar-refractivity contribution in [2.75, 3.05) is 0 Å². The van der Waals surface area contributed by atoms with E-state index >= 15 is 0 Å². The van der Waals surface area contributed by atoms with Crippen molar-refractivity contribution in [3.63, 3.8) is 0 Å². The molecule has 14 nitrogen and oxygen atoms in total. The Labute approximate surface area is 219 Å². The van der Waals surface area contributed by atoms with Crippen molar-refractivity contribution < 1.29 is 44.1 Å². The minimum Gasteiger partial charge on any atom is -0.508 e. The lowest BCUT2D eigenvalue weighted by molar-refractivity contribution is -0.142. The Morgan fingerprint density at radius 1 is 0.816 bits per heavy atom. The molecule has 0 saturated carbocycles. The Morgan fingerprint density at radius 3 is 1.89 bits per heavy atom. The third-order valence-corrected chi connectivity index (χ3v) is 5.56. The number of aromatic hydroxyl groups is 1. The Morgan fingerprint density at radius 2 is 1.39 bits per heavy atom. The number of carbonyl (C=O) groups is 6. The molecule has 0 aliphatic heterocycles. The van der Waals surface area contributed by atoms with Crippen molar-refractivity contribution in [2.24, 2.45) is 17.4 Å². The molecular weight excluding hydrogens is 502 g/mol. The number of phenolic OH excluding ortho intramolecular Hbond substituents is 1. The summed E-state index contributed by atoms with van der Waals surface area (Å²) in [6, 6.07) is 0.655. The van der Waals surface area contributed by atoms with E-state index in [9.17, 15) is 39.0 Å². The van der Waals surface area contributed by atoms with E-state index < -0.39 is 65.7 Å². The van der Waals surface area contributed by atoms with Crippen LogP contribution in [-0.4, -0.2) is 75.1 Å². The minimum absolute atomic E-state index is 0.0296. The van der Waals surface area contributed by atoms with Crippen LogP contribution in [0.25, 0.3) is 0 Å². The van der Waals surface area contributed by atoms with E-state index in [-0.39, 0.29) is 37.9 Å². The average molecular weight is 538 g/mol. The van der Waals surface area contributed by atoms with Crippen molar-refractivity contribution in [1.82, 2.24) is 16.0 Å². The van der Waals surface area contributed by atoms with Crippen LogP contribution in [0.2, 0.25) is 0 Å². The highest BCUT2D eigenvalue weighted by atomic mass is 16.4. The fourth-order valence-electron chi connectivity index (χ4n) is 3.36. The number of aliphatic carboxylic acids is 2. The number of hydrogen-bond acceptors (Lipinski definition) is 8. The van der Waals surface area contributed by atoms with Crippen LogP contribution in [0.15, 0.2) is 24.3 Å². The van der Waals surface area contributed by atoms with Gasteiger partial charge in [-0.1, -0.05) is 26.0 Å². The van der Waals surface area contributed by atoms with Gasteiger partial charge < -0.3 is 42.7 Å². The van der Waals surface area contributed by atoms with Gasteiger partial charge in [0.1, 0.15) is 23.9 Å². The van der Waals surface area contributed by atoms with Gasteiger partial charge >= 0.3 is 11.9 Å². The first-order chi connectivity index (χ1) is 17.7. The summed E-state index contributed by atoms with van der Waals surface area (Å²) in [7, 11) is 0. The number of hydrogen-bond donors (Lipinski definition) is 8. The Hall–Kier alpha value is -4.20. The van der Waals surface area contributed by atoms with Crippen LogP contribution in [-0.2, 0) is 35.2 Å². The molecule has 0 saturated heterocycles. The number of amides is 4. The molecule has 14 heteroatoms. The van der Waals surface area contributed by atoms with Crippen molar-refractivity contribution in [1.29, 1.82) is 0 Å². The Kier molecular flexibility index (Phi) is 12.7. The number of benzene rings is 1. The van der Waals surface area contributed by atoms with E-state index in [2.05, 4.69) is 16.0 Å². The molecule has 0 aromatic heterocycles. The lowest BCUT2D eigenvalue weighted by atomic mass is 10.00. The number of nitrogens with two attached hydrogens (primary N) is 2. The molecule has 38 heavy (non-hydrogen) atoms. The van der Waals surface area contributed by atoms with Crippen LogP contribution in [0, 0.1) is 5.92 Å². The number of carbonyl (C=O) groups excluding carboxylic acids is 4. The van der Waals surface area contributed by atoms with Gasteiger partial charge in [-0.05, 0) is 36.5 Å². The van der Waals surface area contributed by atoms with Gasteiger partial charge in [0.05, 0.1) is 6.04 Å². The summed E-state index contributed by atoms with van der Waals surface area (Å²) in [5.41, 5.74) is 11.3. The highest BCUT2D eigenvalue weighted by molar-refractivity contribution is 5.94. The summed E-state index contributed by atoms with van der Waals surface area (Å²) in [6.07, 6.45) is -1.16. The van der Waals surface area contributed by atoms with Crippen LogP contribution in [0.3, 0.4) is 0 Å². The van der Waals surface area contributed by atoms with Crippen LogP contribution >= 0.6 is 0 Å². The summed E-state index contributed by atoms with van der Waals surface area (Å²) >= 11 is 0. The summed E-state index contributed by atoms with van der Waals surface area (Å²) in [5.74, 6) is -6.17.